The summed E-state index contributed by atoms with van der Waals surface area (Å²) < 4.78 is 26.7. The molecule has 0 fully saturated rings. The average molecular weight is 216 g/mol. The molecule has 76 valence electrons. The number of ether oxygens (including phenoxy) is 1. The lowest BCUT2D eigenvalue weighted by Gasteiger charge is -2.02. The number of carbonyl (C=O) groups is 1. The second-order valence-electron chi connectivity index (χ2n) is 2.51. The molecule has 6 nitrogen and oxygen atoms in total. The van der Waals surface area contributed by atoms with E-state index < -0.39 is 15.8 Å². The third-order valence-electron chi connectivity index (χ3n) is 1.43. The quantitative estimate of drug-likeness (QED) is 0.497. The van der Waals surface area contributed by atoms with Crippen molar-refractivity contribution in [2.24, 2.45) is 0 Å². The van der Waals surface area contributed by atoms with Gasteiger partial charge in [0.05, 0.1) is 7.11 Å². The minimum atomic E-state index is -3.54. The molecule has 1 heterocycles. The van der Waals surface area contributed by atoms with Crippen LogP contribution in [0.25, 0.3) is 0 Å². The van der Waals surface area contributed by atoms with Crippen LogP contribution >= 0.6 is 0 Å². The third kappa shape index (κ3) is 2.05. The number of hydrogen-bond donors (Lipinski definition) is 0. The van der Waals surface area contributed by atoms with Gasteiger partial charge in [0.2, 0.25) is 0 Å². The van der Waals surface area contributed by atoms with Crippen molar-refractivity contribution in [3.8, 4) is 0 Å². The molecule has 1 aromatic heterocycles. The fourth-order valence-electron chi connectivity index (χ4n) is 0.864. The monoisotopic (exact) mass is 216 g/mol. The van der Waals surface area contributed by atoms with Gasteiger partial charge in [0.1, 0.15) is 11.9 Å². The van der Waals surface area contributed by atoms with Crippen LogP contribution in [0.3, 0.4) is 0 Å². The van der Waals surface area contributed by atoms with E-state index >= 15 is 0 Å². The van der Waals surface area contributed by atoms with Crippen LogP contribution in [-0.2, 0) is 14.6 Å². The number of sulfone groups is 1. The average Bonchev–Trinajstić information content (AvgIpc) is 2.15. The lowest BCUT2D eigenvalue weighted by Crippen LogP contribution is -2.12. The molecule has 7 heteroatoms. The van der Waals surface area contributed by atoms with Gasteiger partial charge in [-0.2, -0.15) is 0 Å². The second-order valence-corrected chi connectivity index (χ2v) is 4.44. The fraction of sp³-hybridized carbons (Fsp3) is 0.286. The molecule has 1 aromatic rings. The normalized spacial score (nSPS) is 11.0. The molecule has 0 N–H and O–H groups in total. The summed E-state index contributed by atoms with van der Waals surface area (Å²) in [5.41, 5.74) is -0.155. The van der Waals surface area contributed by atoms with Crippen LogP contribution in [0.4, 0.5) is 0 Å². The predicted octanol–water partition coefficient (Wildman–Crippen LogP) is -0.333. The first-order chi connectivity index (χ1) is 6.46. The molecule has 0 saturated carbocycles. The van der Waals surface area contributed by atoms with Crippen LogP contribution in [0.15, 0.2) is 17.6 Å². The second kappa shape index (κ2) is 3.70. The predicted molar refractivity (Wildman–Crippen MR) is 46.5 cm³/mol. The van der Waals surface area contributed by atoms with Crippen molar-refractivity contribution in [2.45, 2.75) is 5.03 Å². The molecule has 0 aromatic carbocycles. The lowest BCUT2D eigenvalue weighted by atomic mass is 10.3. The van der Waals surface area contributed by atoms with Crippen molar-refractivity contribution < 1.29 is 17.9 Å². The van der Waals surface area contributed by atoms with Crippen LogP contribution in [-0.4, -0.2) is 37.7 Å². The van der Waals surface area contributed by atoms with Crippen LogP contribution in [0.1, 0.15) is 10.4 Å². The van der Waals surface area contributed by atoms with Gasteiger partial charge in [0.25, 0.3) is 0 Å². The zero-order chi connectivity index (χ0) is 10.8. The molecule has 14 heavy (non-hydrogen) atoms. The van der Waals surface area contributed by atoms with Crippen molar-refractivity contribution >= 4 is 15.8 Å². The molecule has 0 aliphatic rings. The molecule has 0 bridgehead atoms. The van der Waals surface area contributed by atoms with E-state index in [4.69, 9.17) is 0 Å². The zero-order valence-corrected chi connectivity index (χ0v) is 8.41. The van der Waals surface area contributed by atoms with E-state index in [1.54, 1.807) is 0 Å². The van der Waals surface area contributed by atoms with Gasteiger partial charge in [0, 0.05) is 12.5 Å². The molecule has 0 atom stereocenters. The number of carbonyl (C=O) groups excluding carboxylic acids is 1. The van der Waals surface area contributed by atoms with Gasteiger partial charge in [-0.15, -0.1) is 0 Å². The standard InChI is InChI=1S/C7H8N2O4S/c1-13-7(10)5-3-8-4-9-6(5)14(2,11)12/h3-4H,1-2H3. The molecule has 1 rings (SSSR count). The first-order valence-electron chi connectivity index (χ1n) is 3.55. The molecular weight excluding hydrogens is 208 g/mol. The Morgan fingerprint density at radius 3 is 2.64 bits per heavy atom. The summed E-state index contributed by atoms with van der Waals surface area (Å²) in [6.07, 6.45) is 3.12. The molecule has 0 aliphatic heterocycles. The minimum absolute atomic E-state index is 0.155. The maximum Gasteiger partial charge on any atom is 0.342 e. The summed E-state index contributed by atoms with van der Waals surface area (Å²) in [5.74, 6) is -0.772. The van der Waals surface area contributed by atoms with Gasteiger partial charge in [-0.25, -0.2) is 23.2 Å². The number of aromatic nitrogens is 2. The largest absolute Gasteiger partial charge is 0.465 e. The summed E-state index contributed by atoms with van der Waals surface area (Å²) >= 11 is 0. The first-order valence-corrected chi connectivity index (χ1v) is 5.44. The fourth-order valence-corrected chi connectivity index (χ4v) is 1.64. The van der Waals surface area contributed by atoms with Gasteiger partial charge in [0.15, 0.2) is 14.9 Å². The molecule has 0 aliphatic carbocycles. The molecular formula is C7H8N2O4S. The van der Waals surface area contributed by atoms with E-state index in [1.807, 2.05) is 0 Å². The first kappa shape index (κ1) is 10.6. The van der Waals surface area contributed by atoms with Crippen LogP contribution < -0.4 is 0 Å². The van der Waals surface area contributed by atoms with E-state index in [1.165, 1.54) is 0 Å². The van der Waals surface area contributed by atoms with E-state index in [2.05, 4.69) is 14.7 Å². The Hall–Kier alpha value is -1.50. The number of esters is 1. The Kier molecular flexibility index (Phi) is 2.80. The lowest BCUT2D eigenvalue weighted by molar-refractivity contribution is 0.0594. The molecule has 0 saturated heterocycles. The Bertz CT molecular complexity index is 455. The Morgan fingerprint density at radius 1 is 1.50 bits per heavy atom. The topological polar surface area (TPSA) is 86.2 Å². The Balaban J connectivity index is 3.38. The van der Waals surface area contributed by atoms with Crippen LogP contribution in [0.5, 0.6) is 0 Å². The van der Waals surface area contributed by atoms with Gasteiger partial charge in [-0.05, 0) is 0 Å². The maximum atomic E-state index is 11.2. The summed E-state index contributed by atoms with van der Waals surface area (Å²) in [5, 5.41) is -0.320. The van der Waals surface area contributed by atoms with Crippen molar-refractivity contribution in [2.75, 3.05) is 13.4 Å². The number of nitrogens with zero attached hydrogens (tertiary/aromatic N) is 2. The van der Waals surface area contributed by atoms with E-state index in [-0.39, 0.29) is 10.6 Å². The summed E-state index contributed by atoms with van der Waals surface area (Å²) in [4.78, 5) is 18.2. The van der Waals surface area contributed by atoms with E-state index in [0.717, 1.165) is 25.9 Å². The highest BCUT2D eigenvalue weighted by Crippen LogP contribution is 2.11. The smallest absolute Gasteiger partial charge is 0.342 e. The highest BCUT2D eigenvalue weighted by atomic mass is 32.2. The van der Waals surface area contributed by atoms with Gasteiger partial charge < -0.3 is 4.74 Å². The zero-order valence-electron chi connectivity index (χ0n) is 7.59. The van der Waals surface area contributed by atoms with E-state index in [0.29, 0.717) is 0 Å². The number of methoxy groups -OCH3 is 1. The molecule has 0 radical (unpaired) electrons. The summed E-state index contributed by atoms with van der Waals surface area (Å²) in [7, 11) is -2.39. The summed E-state index contributed by atoms with van der Waals surface area (Å²) in [6, 6.07) is 0. The van der Waals surface area contributed by atoms with Gasteiger partial charge in [-0.3, -0.25) is 0 Å². The maximum absolute atomic E-state index is 11.2. The van der Waals surface area contributed by atoms with Crippen LogP contribution in [0, 0.1) is 0 Å². The van der Waals surface area contributed by atoms with Crippen molar-refractivity contribution in [1.29, 1.82) is 0 Å². The molecule has 0 unspecified atom stereocenters. The third-order valence-corrected chi connectivity index (χ3v) is 2.46. The number of hydrogen-bond acceptors (Lipinski definition) is 6. The van der Waals surface area contributed by atoms with Crippen molar-refractivity contribution in [3.05, 3.63) is 18.1 Å². The highest BCUT2D eigenvalue weighted by molar-refractivity contribution is 7.90. The van der Waals surface area contributed by atoms with E-state index in [9.17, 15) is 13.2 Å². The van der Waals surface area contributed by atoms with Gasteiger partial charge in [-0.1, -0.05) is 0 Å². The van der Waals surface area contributed by atoms with Crippen LogP contribution in [0.2, 0.25) is 0 Å². The number of rotatable bonds is 2. The minimum Gasteiger partial charge on any atom is -0.465 e. The Labute approximate surface area is 80.9 Å². The summed E-state index contributed by atoms with van der Waals surface area (Å²) in [6.45, 7) is 0. The van der Waals surface area contributed by atoms with Crippen molar-refractivity contribution in [3.63, 3.8) is 0 Å². The SMILES string of the molecule is COC(=O)c1cncnc1S(C)(=O)=O. The molecule has 0 spiro atoms. The van der Waals surface area contributed by atoms with Gasteiger partial charge >= 0.3 is 5.97 Å². The highest BCUT2D eigenvalue weighted by Gasteiger charge is 2.20. The molecule has 0 amide bonds. The Morgan fingerprint density at radius 2 is 2.14 bits per heavy atom. The van der Waals surface area contributed by atoms with Crippen molar-refractivity contribution in [1.82, 2.24) is 9.97 Å².